The third-order valence-electron chi connectivity index (χ3n) is 1.93. The fourth-order valence-electron chi connectivity index (χ4n) is 0.832. The summed E-state index contributed by atoms with van der Waals surface area (Å²) in [5.41, 5.74) is -1.31. The highest BCUT2D eigenvalue weighted by atomic mass is 19.3. The highest BCUT2D eigenvalue weighted by Crippen LogP contribution is 2.42. The predicted octanol–water partition coefficient (Wildman–Crippen LogP) is 3.66. The van der Waals surface area contributed by atoms with E-state index >= 15 is 0 Å². The number of hydrogen-bond acceptors (Lipinski definition) is 0. The van der Waals surface area contributed by atoms with Gasteiger partial charge in [0.1, 0.15) is 0 Å². The molecule has 1 unspecified atom stereocenters. The fourth-order valence-corrected chi connectivity index (χ4v) is 0.832. The van der Waals surface area contributed by atoms with Crippen molar-refractivity contribution in [3.05, 3.63) is 0 Å². The van der Waals surface area contributed by atoms with E-state index < -0.39 is 23.4 Å². The Morgan fingerprint density at radius 1 is 1.00 bits per heavy atom. The molecule has 0 aromatic heterocycles. The Balaban J connectivity index is 4.61. The van der Waals surface area contributed by atoms with E-state index in [4.69, 9.17) is 0 Å². The van der Waals surface area contributed by atoms with Crippen LogP contribution in [0.4, 0.5) is 13.2 Å². The van der Waals surface area contributed by atoms with Gasteiger partial charge in [-0.05, 0) is 5.92 Å². The molecule has 0 N–H and O–H groups in total. The van der Waals surface area contributed by atoms with Gasteiger partial charge in [0.05, 0.1) is 0 Å². The number of hydrogen-bond donors (Lipinski definition) is 0. The molecular weight excluding hydrogens is 165 g/mol. The summed E-state index contributed by atoms with van der Waals surface area (Å²) in [6.07, 6.45) is -2.06. The smallest absolute Gasteiger partial charge is 0.241 e. The van der Waals surface area contributed by atoms with Crippen molar-refractivity contribution in [2.24, 2.45) is 11.3 Å². The van der Waals surface area contributed by atoms with E-state index in [1.807, 2.05) is 0 Å². The largest absolute Gasteiger partial charge is 0.283 e. The Kier molecular flexibility index (Phi) is 3.21. The van der Waals surface area contributed by atoms with Crippen LogP contribution in [0.5, 0.6) is 0 Å². The summed E-state index contributed by atoms with van der Waals surface area (Å²) in [6, 6.07) is 0. The Hall–Kier alpha value is -0.210. The van der Waals surface area contributed by atoms with Crippen molar-refractivity contribution in [3.8, 4) is 0 Å². The molecule has 0 spiro atoms. The van der Waals surface area contributed by atoms with Gasteiger partial charge in [-0.3, -0.25) is 0 Å². The summed E-state index contributed by atoms with van der Waals surface area (Å²) in [4.78, 5) is 0. The molecule has 0 bridgehead atoms. The van der Waals surface area contributed by atoms with Crippen LogP contribution in [-0.2, 0) is 0 Å². The lowest BCUT2D eigenvalue weighted by Gasteiger charge is -2.34. The molecule has 3 heteroatoms. The lowest BCUT2D eigenvalue weighted by molar-refractivity contribution is -0.161. The molecule has 0 saturated heterocycles. The highest BCUT2D eigenvalue weighted by Gasteiger charge is 2.51. The molecule has 0 rings (SSSR count). The van der Waals surface area contributed by atoms with Crippen LogP contribution in [0.15, 0.2) is 0 Å². The van der Waals surface area contributed by atoms with E-state index in [1.165, 1.54) is 34.6 Å². The van der Waals surface area contributed by atoms with E-state index in [1.54, 1.807) is 0 Å². The highest BCUT2D eigenvalue weighted by molar-refractivity contribution is 4.89. The van der Waals surface area contributed by atoms with Crippen molar-refractivity contribution >= 4 is 0 Å². The molecule has 0 nitrogen and oxygen atoms in total. The zero-order chi connectivity index (χ0) is 10.2. The number of alkyl halides is 3. The first-order valence-electron chi connectivity index (χ1n) is 4.12. The molecule has 0 aliphatic heterocycles. The second-order valence-corrected chi connectivity index (χ2v) is 4.52. The summed E-state index contributed by atoms with van der Waals surface area (Å²) < 4.78 is 39.4. The first-order chi connectivity index (χ1) is 5.10. The number of halogens is 3. The van der Waals surface area contributed by atoms with Crippen LogP contribution in [0.25, 0.3) is 0 Å². The van der Waals surface area contributed by atoms with Gasteiger partial charge in [0, 0.05) is 5.41 Å². The van der Waals surface area contributed by atoms with Gasteiger partial charge in [-0.15, -0.1) is 0 Å². The van der Waals surface area contributed by atoms with Crippen molar-refractivity contribution in [2.45, 2.75) is 46.7 Å². The van der Waals surface area contributed by atoms with Gasteiger partial charge < -0.3 is 0 Å². The number of rotatable bonds is 2. The quantitative estimate of drug-likeness (QED) is 0.611. The Bertz CT molecular complexity index is 144. The van der Waals surface area contributed by atoms with Gasteiger partial charge in [-0.25, -0.2) is 13.2 Å². The summed E-state index contributed by atoms with van der Waals surface area (Å²) in [5, 5.41) is 0. The molecule has 0 fully saturated rings. The van der Waals surface area contributed by atoms with Crippen molar-refractivity contribution < 1.29 is 13.2 Å². The van der Waals surface area contributed by atoms with Gasteiger partial charge >= 0.3 is 0 Å². The van der Waals surface area contributed by atoms with Crippen LogP contribution >= 0.6 is 0 Å². The lowest BCUT2D eigenvalue weighted by atomic mass is 9.82. The zero-order valence-corrected chi connectivity index (χ0v) is 8.29. The monoisotopic (exact) mass is 182 g/mol. The molecule has 12 heavy (non-hydrogen) atoms. The van der Waals surface area contributed by atoms with E-state index in [-0.39, 0.29) is 0 Å². The Labute approximate surface area is 72.2 Å². The summed E-state index contributed by atoms with van der Waals surface area (Å²) in [6.45, 7) is 6.97. The van der Waals surface area contributed by atoms with Crippen molar-refractivity contribution in [3.63, 3.8) is 0 Å². The topological polar surface area (TPSA) is 0 Å². The van der Waals surface area contributed by atoms with Crippen LogP contribution < -0.4 is 0 Å². The minimum atomic E-state index is -3.25. The second kappa shape index (κ2) is 3.27. The molecule has 0 aliphatic rings. The van der Waals surface area contributed by atoms with E-state index in [2.05, 4.69) is 0 Å². The van der Waals surface area contributed by atoms with Gasteiger partial charge in [0.2, 0.25) is 0 Å². The normalized spacial score (nSPS) is 16.8. The molecule has 1 atom stereocenters. The maximum absolute atomic E-state index is 13.2. The molecule has 0 saturated carbocycles. The third-order valence-corrected chi connectivity index (χ3v) is 1.93. The Morgan fingerprint density at radius 3 is 1.42 bits per heavy atom. The minimum Gasteiger partial charge on any atom is -0.241 e. The van der Waals surface area contributed by atoms with Crippen molar-refractivity contribution in [1.82, 2.24) is 0 Å². The lowest BCUT2D eigenvalue weighted by Crippen LogP contribution is -2.45. The van der Waals surface area contributed by atoms with E-state index in [9.17, 15) is 13.2 Å². The van der Waals surface area contributed by atoms with Crippen molar-refractivity contribution in [1.29, 1.82) is 0 Å². The van der Waals surface area contributed by atoms with Gasteiger partial charge in [0.25, 0.3) is 5.92 Å². The molecule has 0 aliphatic carbocycles. The van der Waals surface area contributed by atoms with Gasteiger partial charge in [-0.2, -0.15) is 0 Å². The first kappa shape index (κ1) is 11.8. The summed E-state index contributed by atoms with van der Waals surface area (Å²) in [5.74, 6) is -3.89. The molecule has 0 aromatic rings. The summed E-state index contributed by atoms with van der Waals surface area (Å²) >= 11 is 0. The molecular formula is C9H17F3. The average Bonchev–Trinajstić information content (AvgIpc) is 1.83. The van der Waals surface area contributed by atoms with Gasteiger partial charge in [0.15, 0.2) is 6.17 Å². The van der Waals surface area contributed by atoms with Crippen LogP contribution in [0.1, 0.15) is 34.6 Å². The zero-order valence-electron chi connectivity index (χ0n) is 8.29. The van der Waals surface area contributed by atoms with Crippen LogP contribution in [0, 0.1) is 11.3 Å². The standard InChI is InChI=1S/C9H17F3/c1-6(2)7(10)9(11,12)8(3,4)5/h6-7H,1-5H3. The molecule has 0 radical (unpaired) electrons. The average molecular weight is 182 g/mol. The fraction of sp³-hybridized carbons (Fsp3) is 1.00. The second-order valence-electron chi connectivity index (χ2n) is 4.52. The summed E-state index contributed by atoms with van der Waals surface area (Å²) in [7, 11) is 0. The predicted molar refractivity (Wildman–Crippen MR) is 44.1 cm³/mol. The maximum Gasteiger partial charge on any atom is 0.283 e. The first-order valence-corrected chi connectivity index (χ1v) is 4.12. The van der Waals surface area contributed by atoms with Gasteiger partial charge in [-0.1, -0.05) is 34.6 Å². The third kappa shape index (κ3) is 2.14. The molecule has 0 heterocycles. The maximum atomic E-state index is 13.2. The SMILES string of the molecule is CC(C)C(F)C(F)(F)C(C)(C)C. The van der Waals surface area contributed by atoms with Crippen LogP contribution in [0.3, 0.4) is 0 Å². The molecule has 0 aromatic carbocycles. The van der Waals surface area contributed by atoms with E-state index in [0.29, 0.717) is 0 Å². The molecule has 74 valence electrons. The molecule has 0 amide bonds. The van der Waals surface area contributed by atoms with Crippen molar-refractivity contribution in [2.75, 3.05) is 0 Å². The van der Waals surface area contributed by atoms with Crippen LogP contribution in [-0.4, -0.2) is 12.1 Å². The minimum absolute atomic E-state index is 0.640. The Morgan fingerprint density at radius 2 is 1.33 bits per heavy atom. The van der Waals surface area contributed by atoms with E-state index in [0.717, 1.165) is 0 Å². The van der Waals surface area contributed by atoms with Crippen LogP contribution in [0.2, 0.25) is 0 Å².